The molecule has 112 valence electrons. The molecule has 1 atom stereocenters. The van der Waals surface area contributed by atoms with Gasteiger partial charge >= 0.3 is 0 Å². The molecular formula is C18H21BrFN. The van der Waals surface area contributed by atoms with Gasteiger partial charge in [-0.3, -0.25) is 0 Å². The van der Waals surface area contributed by atoms with E-state index in [-0.39, 0.29) is 11.9 Å². The van der Waals surface area contributed by atoms with E-state index in [4.69, 9.17) is 0 Å². The lowest BCUT2D eigenvalue weighted by molar-refractivity contribution is 0.556. The molecule has 3 heteroatoms. The van der Waals surface area contributed by atoms with Crippen molar-refractivity contribution in [3.05, 3.63) is 68.4 Å². The number of halogens is 2. The van der Waals surface area contributed by atoms with E-state index in [1.807, 2.05) is 13.0 Å². The highest BCUT2D eigenvalue weighted by molar-refractivity contribution is 9.10. The molecule has 1 N–H and O–H groups in total. The normalized spacial score (nSPS) is 12.5. The van der Waals surface area contributed by atoms with Gasteiger partial charge in [-0.15, -0.1) is 0 Å². The van der Waals surface area contributed by atoms with Gasteiger partial charge in [-0.2, -0.15) is 0 Å². The summed E-state index contributed by atoms with van der Waals surface area (Å²) >= 11 is 3.44. The second-order valence-electron chi connectivity index (χ2n) is 5.47. The molecule has 0 aromatic heterocycles. The van der Waals surface area contributed by atoms with Crippen molar-refractivity contribution < 1.29 is 4.39 Å². The molecular weight excluding hydrogens is 329 g/mol. The number of rotatable bonds is 4. The van der Waals surface area contributed by atoms with Crippen LogP contribution in [0, 0.1) is 26.6 Å². The van der Waals surface area contributed by atoms with E-state index in [1.54, 1.807) is 6.07 Å². The van der Waals surface area contributed by atoms with Gasteiger partial charge in [0, 0.05) is 10.0 Å². The Hall–Kier alpha value is -1.19. The van der Waals surface area contributed by atoms with Gasteiger partial charge in [-0.05, 0) is 62.2 Å². The van der Waals surface area contributed by atoms with E-state index in [2.05, 4.69) is 54.2 Å². The van der Waals surface area contributed by atoms with Crippen molar-refractivity contribution in [1.82, 2.24) is 5.32 Å². The summed E-state index contributed by atoms with van der Waals surface area (Å²) in [7, 11) is 0. The predicted octanol–water partition coefficient (Wildman–Crippen LogP) is 5.21. The van der Waals surface area contributed by atoms with E-state index in [1.165, 1.54) is 28.3 Å². The van der Waals surface area contributed by atoms with Crippen molar-refractivity contribution in [2.75, 3.05) is 6.54 Å². The molecule has 2 rings (SSSR count). The van der Waals surface area contributed by atoms with Crippen LogP contribution in [0.15, 0.2) is 34.8 Å². The van der Waals surface area contributed by atoms with Crippen LogP contribution in [-0.4, -0.2) is 6.54 Å². The van der Waals surface area contributed by atoms with Crippen LogP contribution in [0.5, 0.6) is 0 Å². The Balaban J connectivity index is 2.61. The minimum Gasteiger partial charge on any atom is -0.306 e. The molecule has 0 amide bonds. The molecule has 0 spiro atoms. The van der Waals surface area contributed by atoms with Crippen LogP contribution < -0.4 is 5.32 Å². The largest absolute Gasteiger partial charge is 0.306 e. The summed E-state index contributed by atoms with van der Waals surface area (Å²) < 4.78 is 15.2. The zero-order valence-electron chi connectivity index (χ0n) is 12.9. The summed E-state index contributed by atoms with van der Waals surface area (Å²) in [4.78, 5) is 0. The van der Waals surface area contributed by atoms with Gasteiger partial charge < -0.3 is 5.32 Å². The molecule has 0 bridgehead atoms. The Labute approximate surface area is 134 Å². The van der Waals surface area contributed by atoms with Crippen molar-refractivity contribution in [2.45, 2.75) is 33.7 Å². The standard InChI is InChI=1S/C18H21BrFN/c1-5-21-18(15-10-14(19)6-7-16(15)20)17-12(3)8-11(2)9-13(17)4/h6-10,18,21H,5H2,1-4H3. The number of aryl methyl sites for hydroxylation is 3. The van der Waals surface area contributed by atoms with Gasteiger partial charge in [-0.25, -0.2) is 4.39 Å². The molecule has 1 unspecified atom stereocenters. The third kappa shape index (κ3) is 3.53. The fraction of sp³-hybridized carbons (Fsp3) is 0.333. The highest BCUT2D eigenvalue weighted by atomic mass is 79.9. The van der Waals surface area contributed by atoms with Crippen LogP contribution in [0.4, 0.5) is 4.39 Å². The zero-order valence-corrected chi connectivity index (χ0v) is 14.5. The fourth-order valence-electron chi connectivity index (χ4n) is 2.95. The van der Waals surface area contributed by atoms with Gasteiger partial charge in [0.25, 0.3) is 0 Å². The van der Waals surface area contributed by atoms with Gasteiger partial charge in [0.1, 0.15) is 5.82 Å². The topological polar surface area (TPSA) is 12.0 Å². The van der Waals surface area contributed by atoms with Crippen molar-refractivity contribution in [1.29, 1.82) is 0 Å². The summed E-state index contributed by atoms with van der Waals surface area (Å²) in [5.74, 6) is -0.177. The monoisotopic (exact) mass is 349 g/mol. The maximum absolute atomic E-state index is 14.3. The molecule has 1 nitrogen and oxygen atoms in total. The maximum atomic E-state index is 14.3. The maximum Gasteiger partial charge on any atom is 0.128 e. The second kappa shape index (κ2) is 6.71. The Morgan fingerprint density at radius 3 is 2.29 bits per heavy atom. The molecule has 0 saturated carbocycles. The highest BCUT2D eigenvalue weighted by Gasteiger charge is 2.21. The van der Waals surface area contributed by atoms with Crippen LogP contribution in [0.3, 0.4) is 0 Å². The van der Waals surface area contributed by atoms with Crippen LogP contribution in [0.1, 0.15) is 40.8 Å². The molecule has 0 heterocycles. The average molecular weight is 350 g/mol. The summed E-state index contributed by atoms with van der Waals surface area (Å²) in [6.07, 6.45) is 0. The van der Waals surface area contributed by atoms with Crippen molar-refractivity contribution in [3.63, 3.8) is 0 Å². The first-order chi connectivity index (χ1) is 9.93. The Morgan fingerprint density at radius 1 is 1.10 bits per heavy atom. The number of hydrogen-bond donors (Lipinski definition) is 1. The van der Waals surface area contributed by atoms with E-state index < -0.39 is 0 Å². The minimum absolute atomic E-state index is 0.131. The molecule has 0 aliphatic rings. The van der Waals surface area contributed by atoms with Crippen LogP contribution in [0.25, 0.3) is 0 Å². The Morgan fingerprint density at radius 2 is 1.71 bits per heavy atom. The minimum atomic E-state index is -0.177. The Bertz CT molecular complexity index is 629. The van der Waals surface area contributed by atoms with E-state index in [0.717, 1.165) is 11.0 Å². The van der Waals surface area contributed by atoms with Gasteiger partial charge in [-0.1, -0.05) is 40.5 Å². The smallest absolute Gasteiger partial charge is 0.128 e. The van der Waals surface area contributed by atoms with Gasteiger partial charge in [0.2, 0.25) is 0 Å². The lowest BCUT2D eigenvalue weighted by atomic mass is 9.89. The van der Waals surface area contributed by atoms with Crippen molar-refractivity contribution in [2.24, 2.45) is 0 Å². The van der Waals surface area contributed by atoms with Crippen LogP contribution in [0.2, 0.25) is 0 Å². The average Bonchev–Trinajstić information content (AvgIpc) is 2.39. The van der Waals surface area contributed by atoms with E-state index >= 15 is 0 Å². The van der Waals surface area contributed by atoms with E-state index in [9.17, 15) is 4.39 Å². The molecule has 0 saturated heterocycles. The molecule has 21 heavy (non-hydrogen) atoms. The molecule has 0 aliphatic carbocycles. The Kier molecular flexibility index (Phi) is 5.17. The molecule has 0 fully saturated rings. The molecule has 2 aromatic rings. The SMILES string of the molecule is CCNC(c1cc(Br)ccc1F)c1c(C)cc(C)cc1C. The van der Waals surface area contributed by atoms with Crippen LogP contribution in [-0.2, 0) is 0 Å². The summed E-state index contributed by atoms with van der Waals surface area (Å²) in [6.45, 7) is 9.10. The summed E-state index contributed by atoms with van der Waals surface area (Å²) in [5.41, 5.74) is 5.47. The third-order valence-electron chi connectivity index (χ3n) is 3.70. The molecule has 0 radical (unpaired) electrons. The first kappa shape index (κ1) is 16.2. The highest BCUT2D eigenvalue weighted by Crippen LogP contribution is 2.31. The summed E-state index contributed by atoms with van der Waals surface area (Å²) in [6, 6.07) is 9.29. The number of nitrogens with one attached hydrogen (secondary N) is 1. The predicted molar refractivity (Wildman–Crippen MR) is 90.3 cm³/mol. The fourth-order valence-corrected chi connectivity index (χ4v) is 3.33. The second-order valence-corrected chi connectivity index (χ2v) is 6.38. The van der Waals surface area contributed by atoms with Gasteiger partial charge in [0.15, 0.2) is 0 Å². The number of hydrogen-bond acceptors (Lipinski definition) is 1. The first-order valence-corrected chi connectivity index (χ1v) is 7.99. The van der Waals surface area contributed by atoms with Crippen molar-refractivity contribution >= 4 is 15.9 Å². The molecule has 2 aromatic carbocycles. The first-order valence-electron chi connectivity index (χ1n) is 7.20. The van der Waals surface area contributed by atoms with Crippen molar-refractivity contribution in [3.8, 4) is 0 Å². The van der Waals surface area contributed by atoms with E-state index in [0.29, 0.717) is 5.56 Å². The molecule has 0 aliphatic heterocycles. The van der Waals surface area contributed by atoms with Gasteiger partial charge in [0.05, 0.1) is 6.04 Å². The summed E-state index contributed by atoms with van der Waals surface area (Å²) in [5, 5.41) is 3.42. The zero-order chi connectivity index (χ0) is 15.6. The third-order valence-corrected chi connectivity index (χ3v) is 4.20. The van der Waals surface area contributed by atoms with Crippen LogP contribution >= 0.6 is 15.9 Å². The lowest BCUT2D eigenvalue weighted by Gasteiger charge is -2.24. The quantitative estimate of drug-likeness (QED) is 0.798. The lowest BCUT2D eigenvalue weighted by Crippen LogP contribution is -2.24. The number of benzene rings is 2.